The zero-order chi connectivity index (χ0) is 16.5. The lowest BCUT2D eigenvalue weighted by atomic mass is 9.92. The van der Waals surface area contributed by atoms with E-state index in [-0.39, 0.29) is 0 Å². The minimum atomic E-state index is 0.349. The van der Waals surface area contributed by atoms with Crippen LogP contribution < -0.4 is 16.4 Å². The van der Waals surface area contributed by atoms with Gasteiger partial charge in [-0.05, 0) is 61.7 Å². The topological polar surface area (TPSA) is 88.8 Å². The zero-order valence-corrected chi connectivity index (χ0v) is 15.1. The second kappa shape index (κ2) is 6.62. The first kappa shape index (κ1) is 15.7. The van der Waals surface area contributed by atoms with Gasteiger partial charge < -0.3 is 16.4 Å². The van der Waals surface area contributed by atoms with Crippen LogP contribution in [0.5, 0.6) is 0 Å². The van der Waals surface area contributed by atoms with Crippen molar-refractivity contribution in [2.24, 2.45) is 5.73 Å². The van der Waals surface area contributed by atoms with E-state index in [1.807, 2.05) is 19.1 Å². The first-order chi connectivity index (χ1) is 11.7. The normalized spacial score (nSPS) is 21.1. The average Bonchev–Trinajstić information content (AvgIpc) is 3.19. The summed E-state index contributed by atoms with van der Waals surface area (Å²) in [7, 11) is 0. The van der Waals surface area contributed by atoms with Gasteiger partial charge in [-0.1, -0.05) is 0 Å². The van der Waals surface area contributed by atoms with Crippen LogP contribution in [-0.2, 0) is 0 Å². The van der Waals surface area contributed by atoms with Crippen LogP contribution in [0.2, 0.25) is 0 Å². The minimum absolute atomic E-state index is 0.349. The number of hydrogen-bond acceptors (Lipinski definition) is 8. The Hall–Kier alpha value is -1.77. The summed E-state index contributed by atoms with van der Waals surface area (Å²) in [6.07, 6.45) is 4.33. The van der Waals surface area contributed by atoms with E-state index in [1.165, 1.54) is 11.5 Å². The number of rotatable bonds is 4. The number of anilines is 3. The summed E-state index contributed by atoms with van der Waals surface area (Å²) in [6.45, 7) is 1.98. The van der Waals surface area contributed by atoms with Gasteiger partial charge in [-0.2, -0.15) is 9.36 Å². The number of aromatic nitrogens is 3. The number of nitrogens with two attached hydrogens (primary N) is 1. The third kappa shape index (κ3) is 3.35. The average molecular weight is 361 g/mol. The molecule has 0 bridgehead atoms. The van der Waals surface area contributed by atoms with Crippen LogP contribution in [0.1, 0.15) is 31.4 Å². The minimum Gasteiger partial charge on any atom is -0.366 e. The lowest BCUT2D eigenvalue weighted by Crippen LogP contribution is -2.33. The summed E-state index contributed by atoms with van der Waals surface area (Å²) in [4.78, 5) is 9.33. The molecule has 0 spiro atoms. The molecule has 4 rings (SSSR count). The molecule has 0 atom stereocenters. The first-order valence-corrected chi connectivity index (χ1v) is 9.80. The van der Waals surface area contributed by atoms with Crippen LogP contribution in [0.25, 0.3) is 10.2 Å². The molecule has 3 heterocycles. The Labute approximate surface area is 148 Å². The second-order valence-corrected chi connectivity index (χ2v) is 7.97. The predicted octanol–water partition coefficient (Wildman–Crippen LogP) is 3.88. The van der Waals surface area contributed by atoms with Gasteiger partial charge in [0.25, 0.3) is 0 Å². The third-order valence-corrected chi connectivity index (χ3v) is 5.99. The molecule has 0 aromatic carbocycles. The highest BCUT2D eigenvalue weighted by molar-refractivity contribution is 7.17. The fourth-order valence-electron chi connectivity index (χ4n) is 3.01. The van der Waals surface area contributed by atoms with E-state index >= 15 is 0 Å². The van der Waals surface area contributed by atoms with Gasteiger partial charge >= 0.3 is 0 Å². The number of thiophene rings is 1. The molecule has 8 heteroatoms. The Bertz CT molecular complexity index is 834. The van der Waals surface area contributed by atoms with Gasteiger partial charge in [-0.15, -0.1) is 11.3 Å². The third-order valence-electron chi connectivity index (χ3n) is 4.28. The Balaban J connectivity index is 1.60. The Morgan fingerprint density at radius 3 is 2.79 bits per heavy atom. The molecule has 6 nitrogen and oxygen atoms in total. The fourth-order valence-corrected chi connectivity index (χ4v) is 4.45. The van der Waals surface area contributed by atoms with Gasteiger partial charge in [0, 0.05) is 12.1 Å². The van der Waals surface area contributed by atoms with E-state index in [0.29, 0.717) is 18.0 Å². The molecular weight excluding hydrogens is 340 g/mol. The van der Waals surface area contributed by atoms with Crippen molar-refractivity contribution in [3.8, 4) is 0 Å². The summed E-state index contributed by atoms with van der Waals surface area (Å²) in [5.41, 5.74) is 7.97. The summed E-state index contributed by atoms with van der Waals surface area (Å²) >= 11 is 3.09. The number of hydrogen-bond donors (Lipinski definition) is 3. The van der Waals surface area contributed by atoms with Gasteiger partial charge in [-0.3, -0.25) is 0 Å². The van der Waals surface area contributed by atoms with Gasteiger partial charge in [0.2, 0.25) is 5.95 Å². The first-order valence-electron chi connectivity index (χ1n) is 8.15. The maximum Gasteiger partial charge on any atom is 0.230 e. The zero-order valence-electron chi connectivity index (χ0n) is 13.5. The van der Waals surface area contributed by atoms with Crippen LogP contribution in [0.4, 0.5) is 16.8 Å². The molecular formula is C16H20N6S2. The molecule has 24 heavy (non-hydrogen) atoms. The second-order valence-electron chi connectivity index (χ2n) is 6.24. The van der Waals surface area contributed by atoms with Gasteiger partial charge in [0.05, 0.1) is 15.9 Å². The highest BCUT2D eigenvalue weighted by Gasteiger charge is 2.20. The molecule has 126 valence electrons. The Morgan fingerprint density at radius 1 is 1.21 bits per heavy atom. The number of aryl methyl sites for hydroxylation is 1. The van der Waals surface area contributed by atoms with E-state index in [2.05, 4.69) is 25.4 Å². The van der Waals surface area contributed by atoms with Crippen molar-refractivity contribution in [1.29, 1.82) is 0 Å². The lowest BCUT2D eigenvalue weighted by molar-refractivity contribution is 0.411. The van der Waals surface area contributed by atoms with Gasteiger partial charge in [-0.25, -0.2) is 4.98 Å². The molecule has 1 aliphatic rings. The molecule has 0 saturated heterocycles. The smallest absolute Gasteiger partial charge is 0.230 e. The molecule has 1 aliphatic carbocycles. The van der Waals surface area contributed by atoms with Crippen molar-refractivity contribution in [2.75, 3.05) is 10.6 Å². The molecule has 0 aliphatic heterocycles. The van der Waals surface area contributed by atoms with Crippen molar-refractivity contribution < 1.29 is 0 Å². The van der Waals surface area contributed by atoms with E-state index in [1.54, 1.807) is 11.3 Å². The van der Waals surface area contributed by atoms with Crippen molar-refractivity contribution in [3.63, 3.8) is 0 Å². The van der Waals surface area contributed by atoms with E-state index < -0.39 is 0 Å². The van der Waals surface area contributed by atoms with Gasteiger partial charge in [0.1, 0.15) is 10.8 Å². The quantitative estimate of drug-likeness (QED) is 0.654. The van der Waals surface area contributed by atoms with Crippen LogP contribution in [-0.4, -0.2) is 26.4 Å². The largest absolute Gasteiger partial charge is 0.366 e. The van der Waals surface area contributed by atoms with E-state index in [9.17, 15) is 0 Å². The maximum atomic E-state index is 6.01. The molecule has 3 aromatic rings. The molecule has 4 N–H and O–H groups in total. The maximum absolute atomic E-state index is 6.01. The van der Waals surface area contributed by atoms with Gasteiger partial charge in [0.15, 0.2) is 0 Å². The SMILES string of the molecule is Cc1cc(Nc2nc(N[C@H]3CC[C@H](N)CC3)c3sccc3n2)sn1. The monoisotopic (exact) mass is 360 g/mol. The van der Waals surface area contributed by atoms with Crippen LogP contribution in [0.3, 0.4) is 0 Å². The molecule has 1 fully saturated rings. The van der Waals surface area contributed by atoms with E-state index in [4.69, 9.17) is 10.7 Å². The van der Waals surface area contributed by atoms with Crippen molar-refractivity contribution in [1.82, 2.24) is 14.3 Å². The van der Waals surface area contributed by atoms with Crippen LogP contribution >= 0.6 is 22.9 Å². The summed E-state index contributed by atoms with van der Waals surface area (Å²) in [6, 6.07) is 4.82. The molecule has 1 saturated carbocycles. The summed E-state index contributed by atoms with van der Waals surface area (Å²) < 4.78 is 5.39. The fraction of sp³-hybridized carbons (Fsp3) is 0.438. The lowest BCUT2D eigenvalue weighted by Gasteiger charge is -2.27. The van der Waals surface area contributed by atoms with E-state index in [0.717, 1.165) is 52.4 Å². The highest BCUT2D eigenvalue weighted by atomic mass is 32.1. The van der Waals surface area contributed by atoms with Crippen molar-refractivity contribution >= 4 is 49.9 Å². The highest BCUT2D eigenvalue weighted by Crippen LogP contribution is 2.31. The summed E-state index contributed by atoms with van der Waals surface area (Å²) in [5.74, 6) is 1.53. The Kier molecular flexibility index (Phi) is 4.34. The number of nitrogens with one attached hydrogen (secondary N) is 2. The summed E-state index contributed by atoms with van der Waals surface area (Å²) in [5, 5.41) is 9.90. The van der Waals surface area contributed by atoms with Crippen LogP contribution in [0.15, 0.2) is 17.5 Å². The molecule has 0 amide bonds. The standard InChI is InChI=1S/C16H20N6S2/c1-9-8-13(24-22-9)20-16-19-12-6-7-23-14(12)15(21-16)18-11-4-2-10(17)3-5-11/h6-8,10-11H,2-5,17H2,1H3,(H2,18,19,20,21)/t10-,11-. The van der Waals surface area contributed by atoms with Crippen molar-refractivity contribution in [3.05, 3.63) is 23.2 Å². The molecule has 0 radical (unpaired) electrons. The number of fused-ring (bicyclic) bond motifs is 1. The Morgan fingerprint density at radius 2 is 2.04 bits per heavy atom. The van der Waals surface area contributed by atoms with Crippen LogP contribution in [0, 0.1) is 6.92 Å². The molecule has 0 unspecified atom stereocenters. The number of nitrogens with zero attached hydrogens (tertiary/aromatic N) is 3. The predicted molar refractivity (Wildman–Crippen MR) is 101 cm³/mol. The molecule has 3 aromatic heterocycles. The van der Waals surface area contributed by atoms with Crippen molar-refractivity contribution in [2.45, 2.75) is 44.7 Å².